The van der Waals surface area contributed by atoms with E-state index in [9.17, 15) is 4.79 Å². The fourth-order valence-corrected chi connectivity index (χ4v) is 2.31. The molecule has 0 aliphatic carbocycles. The van der Waals surface area contributed by atoms with Crippen molar-refractivity contribution in [2.75, 3.05) is 25.5 Å². The normalized spacial score (nSPS) is 19.7. The minimum atomic E-state index is 0.00306. The van der Waals surface area contributed by atoms with Gasteiger partial charge in [0.25, 0.3) is 5.91 Å². The molecule has 1 fully saturated rings. The minimum Gasteiger partial charge on any atom is -0.372 e. The van der Waals surface area contributed by atoms with Crippen LogP contribution in [-0.2, 0) is 0 Å². The maximum Gasteiger partial charge on any atom is 0.274 e. The van der Waals surface area contributed by atoms with E-state index >= 15 is 0 Å². The number of amides is 1. The Balaban J connectivity index is 2.05. The maximum atomic E-state index is 12.3. The van der Waals surface area contributed by atoms with E-state index in [4.69, 9.17) is 0 Å². The molecule has 0 spiro atoms. The second-order valence-electron chi connectivity index (χ2n) is 4.70. The lowest BCUT2D eigenvalue weighted by Gasteiger charge is -2.32. The van der Waals surface area contributed by atoms with E-state index in [1.165, 1.54) is 6.42 Å². The summed E-state index contributed by atoms with van der Waals surface area (Å²) in [4.78, 5) is 22.5. The number of anilines is 1. The summed E-state index contributed by atoms with van der Waals surface area (Å²) in [7, 11) is 1.78. The van der Waals surface area contributed by atoms with Crippen LogP contribution in [0.15, 0.2) is 12.4 Å². The highest BCUT2D eigenvalue weighted by Gasteiger charge is 2.24. The molecule has 0 bridgehead atoms. The van der Waals surface area contributed by atoms with Crippen LogP contribution in [-0.4, -0.2) is 40.9 Å². The lowest BCUT2D eigenvalue weighted by atomic mass is 9.95. The summed E-state index contributed by atoms with van der Waals surface area (Å²) in [5.41, 5.74) is 0.436. The SMILES string of the molecule is CCC1CCCN(C(=O)c2cnc(NC)cn2)C1. The van der Waals surface area contributed by atoms with Crippen LogP contribution in [0.1, 0.15) is 36.7 Å². The Labute approximate surface area is 108 Å². The van der Waals surface area contributed by atoms with Gasteiger partial charge in [-0.2, -0.15) is 0 Å². The van der Waals surface area contributed by atoms with Crippen LogP contribution in [0.25, 0.3) is 0 Å². The molecule has 1 aliphatic rings. The van der Waals surface area contributed by atoms with Crippen molar-refractivity contribution in [1.82, 2.24) is 14.9 Å². The Kier molecular flexibility index (Phi) is 4.12. The second kappa shape index (κ2) is 5.80. The van der Waals surface area contributed by atoms with E-state index in [-0.39, 0.29) is 5.91 Å². The first kappa shape index (κ1) is 12.8. The zero-order chi connectivity index (χ0) is 13.0. The summed E-state index contributed by atoms with van der Waals surface area (Å²) >= 11 is 0. The molecule has 0 aromatic carbocycles. The average molecular weight is 248 g/mol. The largest absolute Gasteiger partial charge is 0.372 e. The molecule has 1 N–H and O–H groups in total. The van der Waals surface area contributed by atoms with Crippen LogP contribution < -0.4 is 5.32 Å². The molecule has 2 rings (SSSR count). The molecule has 1 aliphatic heterocycles. The summed E-state index contributed by atoms with van der Waals surface area (Å²) in [5, 5.41) is 2.89. The van der Waals surface area contributed by atoms with Crippen LogP contribution in [0.2, 0.25) is 0 Å². The van der Waals surface area contributed by atoms with E-state index in [0.29, 0.717) is 17.4 Å². The second-order valence-corrected chi connectivity index (χ2v) is 4.70. The van der Waals surface area contributed by atoms with Gasteiger partial charge in [-0.15, -0.1) is 0 Å². The van der Waals surface area contributed by atoms with Crippen molar-refractivity contribution in [2.45, 2.75) is 26.2 Å². The van der Waals surface area contributed by atoms with Gasteiger partial charge in [0.2, 0.25) is 0 Å². The molecule has 1 saturated heterocycles. The molecule has 0 radical (unpaired) electrons. The van der Waals surface area contributed by atoms with Crippen molar-refractivity contribution in [1.29, 1.82) is 0 Å². The Hall–Kier alpha value is -1.65. The van der Waals surface area contributed by atoms with E-state index < -0.39 is 0 Å². The molecule has 98 valence electrons. The number of nitrogens with one attached hydrogen (secondary N) is 1. The molecule has 2 heterocycles. The van der Waals surface area contributed by atoms with Crippen LogP contribution in [0.5, 0.6) is 0 Å². The van der Waals surface area contributed by atoms with Crippen LogP contribution in [0.4, 0.5) is 5.82 Å². The molecular formula is C13H20N4O. The highest BCUT2D eigenvalue weighted by molar-refractivity contribution is 5.92. The topological polar surface area (TPSA) is 58.1 Å². The highest BCUT2D eigenvalue weighted by atomic mass is 16.2. The van der Waals surface area contributed by atoms with Gasteiger partial charge in [0, 0.05) is 20.1 Å². The van der Waals surface area contributed by atoms with E-state index in [2.05, 4.69) is 22.2 Å². The zero-order valence-electron chi connectivity index (χ0n) is 11.0. The third kappa shape index (κ3) is 2.78. The van der Waals surface area contributed by atoms with Gasteiger partial charge in [0.1, 0.15) is 11.5 Å². The standard InChI is InChI=1S/C13H20N4O/c1-3-10-5-4-6-17(9-10)13(18)11-7-16-12(14-2)8-15-11/h7-8,10H,3-6,9H2,1-2H3,(H,14,16). The molecule has 1 aromatic heterocycles. The van der Waals surface area contributed by atoms with E-state index in [0.717, 1.165) is 25.9 Å². The van der Waals surface area contributed by atoms with E-state index in [1.54, 1.807) is 19.4 Å². The van der Waals surface area contributed by atoms with Crippen molar-refractivity contribution in [3.8, 4) is 0 Å². The van der Waals surface area contributed by atoms with Gasteiger partial charge >= 0.3 is 0 Å². The predicted molar refractivity (Wildman–Crippen MR) is 70.5 cm³/mol. The quantitative estimate of drug-likeness (QED) is 0.886. The first-order valence-electron chi connectivity index (χ1n) is 6.53. The number of nitrogens with zero attached hydrogens (tertiary/aromatic N) is 3. The highest BCUT2D eigenvalue weighted by Crippen LogP contribution is 2.20. The third-order valence-corrected chi connectivity index (χ3v) is 3.51. The number of likely N-dealkylation sites (tertiary alicyclic amines) is 1. The Morgan fingerprint density at radius 3 is 2.94 bits per heavy atom. The summed E-state index contributed by atoms with van der Waals surface area (Å²) in [6.07, 6.45) is 6.59. The minimum absolute atomic E-state index is 0.00306. The number of hydrogen-bond donors (Lipinski definition) is 1. The number of carbonyl (C=O) groups is 1. The molecule has 1 amide bonds. The third-order valence-electron chi connectivity index (χ3n) is 3.51. The number of hydrogen-bond acceptors (Lipinski definition) is 4. The van der Waals surface area contributed by atoms with Crippen LogP contribution >= 0.6 is 0 Å². The van der Waals surface area contributed by atoms with Gasteiger partial charge in [-0.25, -0.2) is 9.97 Å². The molecule has 1 atom stereocenters. The molecule has 1 aromatic rings. The van der Waals surface area contributed by atoms with Crippen molar-refractivity contribution in [3.63, 3.8) is 0 Å². The van der Waals surface area contributed by atoms with Gasteiger partial charge in [-0.3, -0.25) is 4.79 Å². The van der Waals surface area contributed by atoms with Crippen molar-refractivity contribution >= 4 is 11.7 Å². The first-order chi connectivity index (χ1) is 8.74. The maximum absolute atomic E-state index is 12.3. The average Bonchev–Trinajstić information content (AvgIpc) is 2.46. The molecule has 5 nitrogen and oxygen atoms in total. The van der Waals surface area contributed by atoms with Gasteiger partial charge < -0.3 is 10.2 Å². The summed E-state index contributed by atoms with van der Waals surface area (Å²) < 4.78 is 0. The monoisotopic (exact) mass is 248 g/mol. The molecule has 1 unspecified atom stereocenters. The molecule has 18 heavy (non-hydrogen) atoms. The Morgan fingerprint density at radius 1 is 1.50 bits per heavy atom. The predicted octanol–water partition coefficient (Wildman–Crippen LogP) is 1.78. The number of rotatable bonds is 3. The Bertz CT molecular complexity index is 404. The van der Waals surface area contributed by atoms with Gasteiger partial charge in [0.15, 0.2) is 0 Å². The summed E-state index contributed by atoms with van der Waals surface area (Å²) in [5.74, 6) is 1.31. The summed E-state index contributed by atoms with van der Waals surface area (Å²) in [6, 6.07) is 0. The smallest absolute Gasteiger partial charge is 0.274 e. The molecule has 0 saturated carbocycles. The van der Waals surface area contributed by atoms with Crippen molar-refractivity contribution in [2.24, 2.45) is 5.92 Å². The van der Waals surface area contributed by atoms with E-state index in [1.807, 2.05) is 4.90 Å². The van der Waals surface area contributed by atoms with Crippen molar-refractivity contribution in [3.05, 3.63) is 18.1 Å². The van der Waals surface area contributed by atoms with Gasteiger partial charge in [-0.1, -0.05) is 13.3 Å². The molecular weight excluding hydrogens is 228 g/mol. The fourth-order valence-electron chi connectivity index (χ4n) is 2.31. The molecule has 5 heteroatoms. The van der Waals surface area contributed by atoms with Crippen LogP contribution in [0.3, 0.4) is 0 Å². The Morgan fingerprint density at radius 2 is 2.33 bits per heavy atom. The lowest BCUT2D eigenvalue weighted by molar-refractivity contribution is 0.0665. The van der Waals surface area contributed by atoms with Crippen molar-refractivity contribution < 1.29 is 4.79 Å². The number of carbonyl (C=O) groups excluding carboxylic acids is 1. The number of aromatic nitrogens is 2. The van der Waals surface area contributed by atoms with Gasteiger partial charge in [-0.05, 0) is 18.8 Å². The first-order valence-corrected chi connectivity index (χ1v) is 6.53. The van der Waals surface area contributed by atoms with Gasteiger partial charge in [0.05, 0.1) is 12.4 Å². The fraction of sp³-hybridized carbons (Fsp3) is 0.615. The summed E-state index contributed by atoms with van der Waals surface area (Å²) in [6.45, 7) is 3.87. The van der Waals surface area contributed by atoms with Crippen LogP contribution in [0, 0.1) is 5.92 Å². The lowest BCUT2D eigenvalue weighted by Crippen LogP contribution is -2.40. The number of piperidine rings is 1. The zero-order valence-corrected chi connectivity index (χ0v) is 11.0.